The van der Waals surface area contributed by atoms with Crippen LogP contribution in [0.1, 0.15) is 25.3 Å². The summed E-state index contributed by atoms with van der Waals surface area (Å²) in [6, 6.07) is 14.1. The van der Waals surface area contributed by atoms with Gasteiger partial charge in [0.15, 0.2) is 0 Å². The number of carboxylic acids is 2. The number of carboxylic acid groups (broad SMARTS) is 2. The van der Waals surface area contributed by atoms with Crippen LogP contribution in [0.5, 0.6) is 5.75 Å². The largest absolute Gasteiger partial charge is 0.487 e. The first kappa shape index (κ1) is 29.4. The van der Waals surface area contributed by atoms with Gasteiger partial charge in [0.25, 0.3) is 0 Å². The van der Waals surface area contributed by atoms with Crippen LogP contribution in [0.15, 0.2) is 66.8 Å². The molecule has 0 atom stereocenters. The first-order valence-corrected chi connectivity index (χ1v) is 12.1. The number of fused-ring (bicyclic) bond motifs is 2. The molecule has 0 saturated carbocycles. The minimum Gasteiger partial charge on any atom is -0.487 e. The van der Waals surface area contributed by atoms with Crippen LogP contribution >= 0.6 is 11.6 Å². The van der Waals surface area contributed by atoms with E-state index in [4.69, 9.17) is 31.3 Å². The van der Waals surface area contributed by atoms with Gasteiger partial charge in [-0.3, -0.25) is 0 Å². The first-order chi connectivity index (χ1) is 17.8. The molecule has 3 N–H and O–H groups in total. The Bertz CT molecular complexity index is 1100. The standard InChI is InChI=1S/C23H27ClN2O3.C4H4O4/c1-2-28-23(27)10-7-14-25-13-5-6-15-26-20-9-4-3-8-18(20)17-29-22-12-11-19(24)16-21(22)26;5-3(6)1-2-4(7)8/h3-4,7-12,16,25H,2,5-6,13-15,17H2,1H3;1-2H,(H,5,6)(H,7,8)/b10-7+;2-1-. The SMILES string of the molecule is CCOC(=O)/C=C/CNCCCCN1c2ccccc2COc2ccc(Cl)cc21.O=C(O)/C=C\C(=O)O. The van der Waals surface area contributed by atoms with E-state index >= 15 is 0 Å². The molecule has 0 unspecified atom stereocenters. The third-order valence-electron chi connectivity index (χ3n) is 5.03. The van der Waals surface area contributed by atoms with Crippen LogP contribution in [0.4, 0.5) is 11.4 Å². The number of unbranched alkanes of at least 4 members (excludes halogenated alkanes) is 1. The number of nitrogens with zero attached hydrogens (tertiary/aromatic N) is 1. The zero-order chi connectivity index (χ0) is 27.0. The van der Waals surface area contributed by atoms with E-state index in [1.54, 1.807) is 13.0 Å². The number of aliphatic carboxylic acids is 2. The van der Waals surface area contributed by atoms with Gasteiger partial charge < -0.3 is 29.9 Å². The van der Waals surface area contributed by atoms with Crippen LogP contribution in [0.3, 0.4) is 0 Å². The number of ether oxygens (including phenoxy) is 2. The molecule has 0 aromatic heterocycles. The van der Waals surface area contributed by atoms with Crippen molar-refractivity contribution in [2.45, 2.75) is 26.4 Å². The average molecular weight is 531 g/mol. The maximum absolute atomic E-state index is 11.2. The Balaban J connectivity index is 0.000000521. The summed E-state index contributed by atoms with van der Waals surface area (Å²) in [5, 5.41) is 19.6. The second-order valence-corrected chi connectivity index (χ2v) is 8.19. The van der Waals surface area contributed by atoms with E-state index in [2.05, 4.69) is 28.4 Å². The summed E-state index contributed by atoms with van der Waals surface area (Å²) in [6.07, 6.45) is 6.40. The minimum atomic E-state index is -1.26. The van der Waals surface area contributed by atoms with Crippen molar-refractivity contribution in [3.8, 4) is 5.75 Å². The lowest BCUT2D eigenvalue weighted by molar-refractivity contribution is -0.137. The van der Waals surface area contributed by atoms with Crippen LogP contribution in [0.2, 0.25) is 5.02 Å². The van der Waals surface area contributed by atoms with Crippen LogP contribution < -0.4 is 15.0 Å². The second-order valence-electron chi connectivity index (χ2n) is 7.76. The van der Waals surface area contributed by atoms with Crippen LogP contribution in [0, 0.1) is 0 Å². The van der Waals surface area contributed by atoms with Gasteiger partial charge in [0.05, 0.1) is 12.3 Å². The lowest BCUT2D eigenvalue weighted by Gasteiger charge is -2.26. The highest BCUT2D eigenvalue weighted by molar-refractivity contribution is 6.31. The molecule has 1 heterocycles. The van der Waals surface area contributed by atoms with E-state index in [1.807, 2.05) is 24.3 Å². The molecule has 1 aliphatic rings. The van der Waals surface area contributed by atoms with Gasteiger partial charge in [-0.05, 0) is 50.6 Å². The summed E-state index contributed by atoms with van der Waals surface area (Å²) in [7, 11) is 0. The molecule has 10 heteroatoms. The summed E-state index contributed by atoms with van der Waals surface area (Å²) < 4.78 is 10.9. The quantitative estimate of drug-likeness (QED) is 0.217. The van der Waals surface area contributed by atoms with Gasteiger partial charge in [-0.15, -0.1) is 0 Å². The molecular weight excluding hydrogens is 500 g/mol. The highest BCUT2D eigenvalue weighted by Gasteiger charge is 2.21. The van der Waals surface area contributed by atoms with Crippen LogP contribution in [-0.4, -0.2) is 54.4 Å². The molecule has 2 aromatic carbocycles. The highest BCUT2D eigenvalue weighted by Crippen LogP contribution is 2.40. The Morgan fingerprint density at radius 1 is 1.05 bits per heavy atom. The fraction of sp³-hybridized carbons (Fsp3) is 0.296. The van der Waals surface area contributed by atoms with Gasteiger partial charge in [0.1, 0.15) is 12.4 Å². The van der Waals surface area contributed by atoms with Crippen molar-refractivity contribution in [1.82, 2.24) is 5.32 Å². The molecule has 3 rings (SSSR count). The van der Waals surface area contributed by atoms with E-state index in [9.17, 15) is 14.4 Å². The van der Waals surface area contributed by atoms with Gasteiger partial charge in [-0.2, -0.15) is 0 Å². The number of halogens is 1. The number of anilines is 2. The van der Waals surface area contributed by atoms with Crippen molar-refractivity contribution >= 4 is 40.9 Å². The Kier molecular flexibility index (Phi) is 12.7. The highest BCUT2D eigenvalue weighted by atomic mass is 35.5. The van der Waals surface area contributed by atoms with Crippen molar-refractivity contribution < 1.29 is 34.1 Å². The predicted octanol–water partition coefficient (Wildman–Crippen LogP) is 4.57. The van der Waals surface area contributed by atoms with Gasteiger partial charge in [0.2, 0.25) is 0 Å². The molecule has 198 valence electrons. The van der Waals surface area contributed by atoms with Crippen LogP contribution in [0.25, 0.3) is 0 Å². The normalized spacial score (nSPS) is 12.1. The number of hydrogen-bond acceptors (Lipinski definition) is 7. The number of para-hydroxylation sites is 1. The molecule has 0 saturated heterocycles. The third-order valence-corrected chi connectivity index (χ3v) is 5.27. The second kappa shape index (κ2) is 16.0. The minimum absolute atomic E-state index is 0.298. The smallest absolute Gasteiger partial charge is 0.330 e. The number of carbonyl (C=O) groups is 3. The van der Waals surface area contributed by atoms with E-state index in [1.165, 1.54) is 17.3 Å². The molecule has 9 nitrogen and oxygen atoms in total. The lowest BCUT2D eigenvalue weighted by atomic mass is 10.1. The number of esters is 1. The molecule has 2 aromatic rings. The van der Waals surface area contributed by atoms with E-state index in [0.29, 0.717) is 36.9 Å². The number of carbonyl (C=O) groups excluding carboxylic acids is 1. The molecule has 0 aliphatic carbocycles. The topological polar surface area (TPSA) is 125 Å². The molecular formula is C27H31ClN2O7. The zero-order valence-corrected chi connectivity index (χ0v) is 21.3. The predicted molar refractivity (Wildman–Crippen MR) is 142 cm³/mol. The van der Waals surface area contributed by atoms with E-state index < -0.39 is 11.9 Å². The monoisotopic (exact) mass is 530 g/mol. The fourth-order valence-corrected chi connectivity index (χ4v) is 3.61. The van der Waals surface area contributed by atoms with Gasteiger partial charge in [-0.25, -0.2) is 14.4 Å². The molecule has 0 amide bonds. The van der Waals surface area contributed by atoms with E-state index in [-0.39, 0.29) is 5.97 Å². The van der Waals surface area contributed by atoms with Crippen molar-refractivity contribution in [2.75, 3.05) is 31.1 Å². The summed E-state index contributed by atoms with van der Waals surface area (Å²) in [5.74, 6) is -1.96. The number of benzene rings is 2. The molecule has 0 bridgehead atoms. The summed E-state index contributed by atoms with van der Waals surface area (Å²) in [6.45, 7) is 5.14. The third kappa shape index (κ3) is 10.8. The molecule has 0 spiro atoms. The molecule has 0 radical (unpaired) electrons. The molecule has 37 heavy (non-hydrogen) atoms. The maximum Gasteiger partial charge on any atom is 0.330 e. The molecule has 1 aliphatic heterocycles. The maximum atomic E-state index is 11.2. The molecule has 0 fully saturated rings. The van der Waals surface area contributed by atoms with Crippen molar-refractivity contribution in [1.29, 1.82) is 0 Å². The van der Waals surface area contributed by atoms with Gasteiger partial charge >= 0.3 is 17.9 Å². The first-order valence-electron chi connectivity index (χ1n) is 11.8. The number of hydrogen-bond donors (Lipinski definition) is 3. The summed E-state index contributed by atoms with van der Waals surface area (Å²) >= 11 is 6.27. The summed E-state index contributed by atoms with van der Waals surface area (Å²) in [5.41, 5.74) is 3.34. The van der Waals surface area contributed by atoms with Crippen molar-refractivity contribution in [2.24, 2.45) is 0 Å². The Morgan fingerprint density at radius 2 is 1.78 bits per heavy atom. The van der Waals surface area contributed by atoms with E-state index in [0.717, 1.165) is 37.4 Å². The Morgan fingerprint density at radius 3 is 2.49 bits per heavy atom. The lowest BCUT2D eigenvalue weighted by Crippen LogP contribution is -2.21. The van der Waals surface area contributed by atoms with Gasteiger partial charge in [0, 0.05) is 47.6 Å². The number of rotatable bonds is 11. The van der Waals surface area contributed by atoms with Crippen LogP contribution in [-0.2, 0) is 25.7 Å². The van der Waals surface area contributed by atoms with Gasteiger partial charge in [-0.1, -0.05) is 35.9 Å². The Hall–Kier alpha value is -3.82. The van der Waals surface area contributed by atoms with Crippen molar-refractivity contribution in [3.63, 3.8) is 0 Å². The Labute approximate surface area is 220 Å². The summed E-state index contributed by atoms with van der Waals surface area (Å²) in [4.78, 5) is 32.6. The fourth-order valence-electron chi connectivity index (χ4n) is 3.44. The average Bonchev–Trinajstić information content (AvgIpc) is 3.01. The zero-order valence-electron chi connectivity index (χ0n) is 20.6. The van der Waals surface area contributed by atoms with Crippen molar-refractivity contribution in [3.05, 3.63) is 77.4 Å². The number of nitrogens with one attached hydrogen (secondary N) is 1.